The number of hydrogen-bond donors (Lipinski definition) is 0. The van der Waals surface area contributed by atoms with Gasteiger partial charge < -0.3 is 0 Å². The van der Waals surface area contributed by atoms with Crippen LogP contribution in [0.5, 0.6) is 0 Å². The van der Waals surface area contributed by atoms with Crippen LogP contribution in [0.4, 0.5) is 0 Å². The highest BCUT2D eigenvalue weighted by Gasteiger charge is 2.33. The van der Waals surface area contributed by atoms with Crippen LogP contribution >= 0.6 is 27.5 Å². The van der Waals surface area contributed by atoms with Crippen LogP contribution in [0, 0.1) is 18.8 Å². The van der Waals surface area contributed by atoms with Gasteiger partial charge in [0.05, 0.1) is 4.90 Å². The van der Waals surface area contributed by atoms with E-state index in [4.69, 9.17) is 11.6 Å². The molecule has 6 heteroatoms. The SMILES string of the molecule is Cc1cc(CCl)cc(S(=O)(=O)N2CC(C)CC(C)C2)c1Br. The number of rotatable bonds is 3. The van der Waals surface area contributed by atoms with Gasteiger partial charge in [-0.05, 0) is 58.3 Å². The molecule has 1 aliphatic rings. The first kappa shape index (κ1) is 17.3. The number of piperidine rings is 1. The van der Waals surface area contributed by atoms with Gasteiger partial charge >= 0.3 is 0 Å². The Labute approximate surface area is 140 Å². The molecule has 1 fully saturated rings. The fourth-order valence-electron chi connectivity index (χ4n) is 3.02. The van der Waals surface area contributed by atoms with E-state index in [0.29, 0.717) is 40.2 Å². The molecular formula is C15H21BrClNO2S. The number of sulfonamides is 1. The van der Waals surface area contributed by atoms with Gasteiger partial charge in [0.15, 0.2) is 0 Å². The maximum Gasteiger partial charge on any atom is 0.244 e. The molecule has 1 aromatic rings. The van der Waals surface area contributed by atoms with Crippen molar-refractivity contribution in [1.29, 1.82) is 0 Å². The standard InChI is InChI=1S/C15H21BrClNO2S/c1-10-4-11(2)9-18(8-10)21(19,20)14-6-13(7-17)5-12(3)15(14)16/h5-6,10-11H,4,7-9H2,1-3H3. The minimum atomic E-state index is -3.49. The first-order valence-corrected chi connectivity index (χ1v) is 9.87. The van der Waals surface area contributed by atoms with E-state index in [0.717, 1.165) is 17.5 Å². The lowest BCUT2D eigenvalue weighted by Crippen LogP contribution is -2.42. The largest absolute Gasteiger partial charge is 0.244 e. The van der Waals surface area contributed by atoms with Gasteiger partial charge in [0, 0.05) is 23.4 Å². The van der Waals surface area contributed by atoms with Crippen molar-refractivity contribution in [2.24, 2.45) is 11.8 Å². The normalized spacial score (nSPS) is 24.2. The van der Waals surface area contributed by atoms with Crippen LogP contribution in [0.2, 0.25) is 0 Å². The second kappa shape index (κ2) is 6.57. The van der Waals surface area contributed by atoms with Crippen molar-refractivity contribution in [2.45, 2.75) is 38.0 Å². The number of aryl methyl sites for hydroxylation is 1. The molecule has 3 nitrogen and oxygen atoms in total. The maximum atomic E-state index is 13.0. The summed E-state index contributed by atoms with van der Waals surface area (Å²) < 4.78 is 28.2. The van der Waals surface area contributed by atoms with Gasteiger partial charge in [-0.15, -0.1) is 11.6 Å². The molecule has 0 bridgehead atoms. The molecule has 2 atom stereocenters. The summed E-state index contributed by atoms with van der Waals surface area (Å²) >= 11 is 9.31. The highest BCUT2D eigenvalue weighted by atomic mass is 79.9. The third kappa shape index (κ3) is 3.63. The molecule has 0 N–H and O–H groups in total. The van der Waals surface area contributed by atoms with E-state index in [1.807, 2.05) is 13.0 Å². The molecule has 21 heavy (non-hydrogen) atoms. The Kier molecular flexibility index (Phi) is 5.40. The van der Waals surface area contributed by atoms with E-state index >= 15 is 0 Å². The Morgan fingerprint density at radius 3 is 2.38 bits per heavy atom. The van der Waals surface area contributed by atoms with Crippen molar-refractivity contribution in [1.82, 2.24) is 4.31 Å². The third-order valence-corrected chi connectivity index (χ3v) is 7.37. The van der Waals surface area contributed by atoms with E-state index in [1.165, 1.54) is 0 Å². The lowest BCUT2D eigenvalue weighted by atomic mass is 9.94. The van der Waals surface area contributed by atoms with Crippen molar-refractivity contribution >= 4 is 37.6 Å². The summed E-state index contributed by atoms with van der Waals surface area (Å²) in [6.45, 7) is 7.27. The average molecular weight is 395 g/mol. The van der Waals surface area contributed by atoms with Crippen molar-refractivity contribution < 1.29 is 8.42 Å². The monoisotopic (exact) mass is 393 g/mol. The fraction of sp³-hybridized carbons (Fsp3) is 0.600. The predicted octanol–water partition coefficient (Wildman–Crippen LogP) is 4.16. The molecule has 0 saturated carbocycles. The quantitative estimate of drug-likeness (QED) is 0.722. The topological polar surface area (TPSA) is 37.4 Å². The minimum Gasteiger partial charge on any atom is -0.207 e. The van der Waals surface area contributed by atoms with Crippen LogP contribution in [-0.2, 0) is 15.9 Å². The van der Waals surface area contributed by atoms with Gasteiger partial charge in [-0.1, -0.05) is 19.9 Å². The number of halogens is 2. The Morgan fingerprint density at radius 1 is 1.29 bits per heavy atom. The molecule has 118 valence electrons. The predicted molar refractivity (Wildman–Crippen MR) is 90.1 cm³/mol. The van der Waals surface area contributed by atoms with E-state index in [9.17, 15) is 8.42 Å². The summed E-state index contributed by atoms with van der Waals surface area (Å²) in [6, 6.07) is 3.60. The molecule has 1 aromatic carbocycles. The zero-order valence-electron chi connectivity index (χ0n) is 12.6. The molecule has 0 radical (unpaired) electrons. The van der Waals surface area contributed by atoms with Gasteiger partial charge in [0.25, 0.3) is 0 Å². The Hall–Kier alpha value is -0.100. The highest BCUT2D eigenvalue weighted by molar-refractivity contribution is 9.10. The van der Waals surface area contributed by atoms with E-state index in [1.54, 1.807) is 10.4 Å². The number of alkyl halides is 1. The molecule has 1 aliphatic heterocycles. The van der Waals surface area contributed by atoms with Gasteiger partial charge in [-0.3, -0.25) is 0 Å². The third-order valence-electron chi connectivity index (χ3n) is 3.89. The number of hydrogen-bond acceptors (Lipinski definition) is 2. The van der Waals surface area contributed by atoms with Gasteiger partial charge in [0.1, 0.15) is 0 Å². The van der Waals surface area contributed by atoms with Gasteiger partial charge in [-0.25, -0.2) is 8.42 Å². The number of nitrogens with zero attached hydrogens (tertiary/aromatic N) is 1. The zero-order chi connectivity index (χ0) is 15.8. The van der Waals surface area contributed by atoms with Crippen LogP contribution in [-0.4, -0.2) is 25.8 Å². The lowest BCUT2D eigenvalue weighted by molar-refractivity contribution is 0.222. The Morgan fingerprint density at radius 2 is 1.86 bits per heavy atom. The molecule has 2 unspecified atom stereocenters. The lowest BCUT2D eigenvalue weighted by Gasteiger charge is -2.34. The van der Waals surface area contributed by atoms with Gasteiger partial charge in [-0.2, -0.15) is 4.31 Å². The molecule has 0 aromatic heterocycles. The van der Waals surface area contributed by atoms with Crippen LogP contribution in [0.15, 0.2) is 21.5 Å². The average Bonchev–Trinajstić information content (AvgIpc) is 2.40. The van der Waals surface area contributed by atoms with Crippen molar-refractivity contribution in [3.63, 3.8) is 0 Å². The molecule has 2 rings (SSSR count). The van der Waals surface area contributed by atoms with E-state index in [-0.39, 0.29) is 0 Å². The summed E-state index contributed by atoms with van der Waals surface area (Å²) in [5.41, 5.74) is 1.72. The first-order chi connectivity index (χ1) is 9.75. The van der Waals surface area contributed by atoms with Crippen LogP contribution in [0.1, 0.15) is 31.4 Å². The molecular weight excluding hydrogens is 374 g/mol. The Bertz CT molecular complexity index is 623. The molecule has 0 spiro atoms. The maximum absolute atomic E-state index is 13.0. The van der Waals surface area contributed by atoms with E-state index in [2.05, 4.69) is 29.8 Å². The van der Waals surface area contributed by atoms with Crippen molar-refractivity contribution in [2.75, 3.05) is 13.1 Å². The van der Waals surface area contributed by atoms with Crippen molar-refractivity contribution in [3.8, 4) is 0 Å². The highest BCUT2D eigenvalue weighted by Crippen LogP contribution is 2.33. The summed E-state index contributed by atoms with van der Waals surface area (Å²) in [4.78, 5) is 0.333. The van der Waals surface area contributed by atoms with Crippen molar-refractivity contribution in [3.05, 3.63) is 27.7 Å². The van der Waals surface area contributed by atoms with E-state index < -0.39 is 10.0 Å². The Balaban J connectivity index is 2.46. The van der Waals surface area contributed by atoms with Crippen LogP contribution < -0.4 is 0 Å². The smallest absolute Gasteiger partial charge is 0.207 e. The zero-order valence-corrected chi connectivity index (χ0v) is 15.7. The second-order valence-electron chi connectivity index (χ2n) is 6.13. The summed E-state index contributed by atoms with van der Waals surface area (Å²) in [5, 5.41) is 0. The fourth-order valence-corrected chi connectivity index (χ4v) is 5.88. The summed E-state index contributed by atoms with van der Waals surface area (Å²) in [6.07, 6.45) is 1.08. The second-order valence-corrected chi connectivity index (χ2v) is 9.09. The number of benzene rings is 1. The minimum absolute atomic E-state index is 0.309. The van der Waals surface area contributed by atoms with Gasteiger partial charge in [0.2, 0.25) is 10.0 Å². The molecule has 1 heterocycles. The molecule has 1 saturated heterocycles. The molecule has 0 amide bonds. The van der Waals surface area contributed by atoms with Crippen LogP contribution in [0.3, 0.4) is 0 Å². The first-order valence-electron chi connectivity index (χ1n) is 7.10. The van der Waals surface area contributed by atoms with Crippen LogP contribution in [0.25, 0.3) is 0 Å². The summed E-state index contributed by atoms with van der Waals surface area (Å²) in [5.74, 6) is 1.09. The summed E-state index contributed by atoms with van der Waals surface area (Å²) in [7, 11) is -3.49. The molecule has 0 aliphatic carbocycles.